The van der Waals surface area contributed by atoms with Crippen LogP contribution in [0.4, 0.5) is 5.13 Å². The molecule has 0 fully saturated rings. The molecule has 0 aliphatic carbocycles. The highest BCUT2D eigenvalue weighted by Crippen LogP contribution is 2.27. The zero-order chi connectivity index (χ0) is 11.5. The topological polar surface area (TPSA) is 24.9 Å². The van der Waals surface area contributed by atoms with E-state index in [0.717, 1.165) is 23.7 Å². The van der Waals surface area contributed by atoms with Gasteiger partial charge in [-0.2, -0.15) is 0 Å². The number of hydrogen-bond acceptors (Lipinski definition) is 3. The fraction of sp³-hybridized carbons (Fsp3) is 0.727. The molecule has 2 nitrogen and oxygen atoms in total. The van der Waals surface area contributed by atoms with Gasteiger partial charge in [0.1, 0.15) is 0 Å². The number of halogens is 1. The molecule has 0 spiro atoms. The van der Waals surface area contributed by atoms with Gasteiger partial charge in [0.05, 0.1) is 5.69 Å². The minimum atomic E-state index is 0.0679. The minimum Gasteiger partial charge on any atom is -0.356 e. The van der Waals surface area contributed by atoms with Gasteiger partial charge in [-0.25, -0.2) is 4.98 Å². The summed E-state index contributed by atoms with van der Waals surface area (Å²) in [5.41, 5.74) is 1.19. The zero-order valence-electron chi connectivity index (χ0n) is 9.85. The van der Waals surface area contributed by atoms with Gasteiger partial charge in [-0.1, -0.05) is 6.92 Å². The molecule has 0 radical (unpaired) electrons. The first-order valence-electron chi connectivity index (χ1n) is 5.29. The zero-order valence-corrected chi connectivity index (χ0v) is 11.4. The van der Waals surface area contributed by atoms with Gasteiger partial charge >= 0.3 is 0 Å². The molecule has 1 unspecified atom stereocenters. The lowest BCUT2D eigenvalue weighted by Gasteiger charge is -2.28. The summed E-state index contributed by atoms with van der Waals surface area (Å²) in [7, 11) is 0. The SMILES string of the molecule is CCC(C)(CCCl)Nc1nc(C)c(C)s1. The fourth-order valence-electron chi connectivity index (χ4n) is 1.32. The number of alkyl halides is 1. The van der Waals surface area contributed by atoms with E-state index in [9.17, 15) is 0 Å². The number of nitrogens with zero attached hydrogens (tertiary/aromatic N) is 1. The van der Waals surface area contributed by atoms with Crippen molar-refractivity contribution in [3.8, 4) is 0 Å². The molecule has 1 rings (SSSR count). The molecule has 0 saturated heterocycles. The van der Waals surface area contributed by atoms with Crippen LogP contribution in [0.2, 0.25) is 0 Å². The van der Waals surface area contributed by atoms with Gasteiger partial charge in [-0.15, -0.1) is 22.9 Å². The van der Waals surface area contributed by atoms with Crippen LogP contribution in [0.5, 0.6) is 0 Å². The molecule has 0 amide bonds. The van der Waals surface area contributed by atoms with Crippen molar-refractivity contribution in [2.45, 2.75) is 46.1 Å². The molecular weight excluding hydrogens is 228 g/mol. The van der Waals surface area contributed by atoms with Crippen LogP contribution in [0.3, 0.4) is 0 Å². The van der Waals surface area contributed by atoms with Crippen LogP contribution in [0, 0.1) is 13.8 Å². The normalized spacial score (nSPS) is 15.0. The number of anilines is 1. The summed E-state index contributed by atoms with van der Waals surface area (Å²) in [6, 6.07) is 0. The summed E-state index contributed by atoms with van der Waals surface area (Å²) in [5, 5.41) is 4.50. The van der Waals surface area contributed by atoms with Gasteiger partial charge < -0.3 is 5.32 Å². The predicted molar refractivity (Wildman–Crippen MR) is 69.2 cm³/mol. The van der Waals surface area contributed by atoms with Gasteiger partial charge in [-0.3, -0.25) is 0 Å². The third-order valence-electron chi connectivity index (χ3n) is 2.86. The number of rotatable bonds is 5. The minimum absolute atomic E-state index is 0.0679. The third-order valence-corrected chi connectivity index (χ3v) is 4.04. The molecule has 15 heavy (non-hydrogen) atoms. The first-order valence-corrected chi connectivity index (χ1v) is 6.64. The van der Waals surface area contributed by atoms with Crippen LogP contribution >= 0.6 is 22.9 Å². The quantitative estimate of drug-likeness (QED) is 0.796. The van der Waals surface area contributed by atoms with Crippen molar-refractivity contribution < 1.29 is 0 Å². The Bertz CT molecular complexity index is 305. The lowest BCUT2D eigenvalue weighted by atomic mass is 9.96. The maximum atomic E-state index is 5.81. The molecule has 4 heteroatoms. The summed E-state index contributed by atoms with van der Waals surface area (Å²) in [5.74, 6) is 0.681. The smallest absolute Gasteiger partial charge is 0.183 e. The van der Waals surface area contributed by atoms with Crippen LogP contribution < -0.4 is 5.32 Å². The summed E-state index contributed by atoms with van der Waals surface area (Å²) in [4.78, 5) is 5.77. The Labute approximate surface area is 101 Å². The Hall–Kier alpha value is -0.280. The van der Waals surface area contributed by atoms with Crippen LogP contribution in [0.1, 0.15) is 37.3 Å². The van der Waals surface area contributed by atoms with Crippen molar-refractivity contribution in [3.05, 3.63) is 10.6 Å². The van der Waals surface area contributed by atoms with E-state index in [2.05, 4.69) is 31.1 Å². The van der Waals surface area contributed by atoms with Crippen molar-refractivity contribution in [3.63, 3.8) is 0 Å². The molecule has 86 valence electrons. The lowest BCUT2D eigenvalue weighted by Crippen LogP contribution is -2.34. The lowest BCUT2D eigenvalue weighted by molar-refractivity contribution is 0.481. The highest BCUT2D eigenvalue weighted by atomic mass is 35.5. The van der Waals surface area contributed by atoms with Crippen molar-refractivity contribution in [1.29, 1.82) is 0 Å². The van der Waals surface area contributed by atoms with Crippen LogP contribution in [0.15, 0.2) is 0 Å². The molecule has 1 N–H and O–H groups in total. The molecule has 0 aliphatic heterocycles. The number of hydrogen-bond donors (Lipinski definition) is 1. The van der Waals surface area contributed by atoms with Crippen molar-refractivity contribution in [2.75, 3.05) is 11.2 Å². The summed E-state index contributed by atoms with van der Waals surface area (Å²) < 4.78 is 0. The molecule has 0 bridgehead atoms. The molecule has 0 saturated carbocycles. The monoisotopic (exact) mass is 246 g/mol. The third kappa shape index (κ3) is 3.35. The fourth-order valence-corrected chi connectivity index (χ4v) is 2.70. The summed E-state index contributed by atoms with van der Waals surface area (Å²) >= 11 is 7.53. The Balaban J connectivity index is 2.74. The van der Waals surface area contributed by atoms with Crippen molar-refractivity contribution in [1.82, 2.24) is 4.98 Å². The second-order valence-electron chi connectivity index (χ2n) is 4.14. The number of nitrogens with one attached hydrogen (secondary N) is 1. The van der Waals surface area contributed by atoms with E-state index in [1.54, 1.807) is 11.3 Å². The average molecular weight is 247 g/mol. The van der Waals surface area contributed by atoms with Crippen LogP contribution in [0.25, 0.3) is 0 Å². The van der Waals surface area contributed by atoms with Gasteiger partial charge in [0.2, 0.25) is 0 Å². The molecule has 1 heterocycles. The Morgan fingerprint density at radius 3 is 2.53 bits per heavy atom. The highest BCUT2D eigenvalue weighted by molar-refractivity contribution is 7.15. The highest BCUT2D eigenvalue weighted by Gasteiger charge is 2.22. The Morgan fingerprint density at radius 2 is 2.13 bits per heavy atom. The van der Waals surface area contributed by atoms with Crippen LogP contribution in [-0.2, 0) is 0 Å². The maximum Gasteiger partial charge on any atom is 0.183 e. The maximum absolute atomic E-state index is 5.81. The molecule has 1 atom stereocenters. The first-order chi connectivity index (χ1) is 7.00. The molecule has 1 aromatic heterocycles. The van der Waals surface area contributed by atoms with E-state index in [-0.39, 0.29) is 5.54 Å². The number of aryl methyl sites for hydroxylation is 2. The molecule has 1 aromatic rings. The average Bonchev–Trinajstić information content (AvgIpc) is 2.46. The summed E-state index contributed by atoms with van der Waals surface area (Å²) in [6.07, 6.45) is 2.01. The molecule has 0 aromatic carbocycles. The standard InChI is InChI=1S/C11H19ClN2S/c1-5-11(4,6-7-12)14-10-13-8(2)9(3)15-10/h5-7H2,1-4H3,(H,13,14). The second kappa shape index (κ2) is 5.17. The Morgan fingerprint density at radius 1 is 1.47 bits per heavy atom. The van der Waals surface area contributed by atoms with Crippen molar-refractivity contribution in [2.24, 2.45) is 0 Å². The van der Waals surface area contributed by atoms with E-state index in [1.165, 1.54) is 4.88 Å². The van der Waals surface area contributed by atoms with Crippen LogP contribution in [-0.4, -0.2) is 16.4 Å². The second-order valence-corrected chi connectivity index (χ2v) is 5.72. The van der Waals surface area contributed by atoms with Gasteiger partial charge in [0.25, 0.3) is 0 Å². The number of thiazole rings is 1. The molecule has 0 aliphatic rings. The van der Waals surface area contributed by atoms with Crippen molar-refractivity contribution >= 4 is 28.1 Å². The van der Waals surface area contributed by atoms with Gasteiger partial charge in [-0.05, 0) is 33.6 Å². The number of aromatic nitrogens is 1. The first kappa shape index (κ1) is 12.8. The largest absolute Gasteiger partial charge is 0.356 e. The van der Waals surface area contributed by atoms with E-state index in [1.807, 2.05) is 6.92 Å². The van der Waals surface area contributed by atoms with Gasteiger partial charge in [0.15, 0.2) is 5.13 Å². The Kier molecular flexibility index (Phi) is 4.41. The van der Waals surface area contributed by atoms with E-state index in [0.29, 0.717) is 5.88 Å². The molecular formula is C11H19ClN2S. The van der Waals surface area contributed by atoms with Gasteiger partial charge in [0, 0.05) is 16.3 Å². The van der Waals surface area contributed by atoms with E-state index >= 15 is 0 Å². The van der Waals surface area contributed by atoms with E-state index in [4.69, 9.17) is 11.6 Å². The van der Waals surface area contributed by atoms with E-state index < -0.39 is 0 Å². The predicted octanol–water partition coefficient (Wildman–Crippen LogP) is 3.97. The summed E-state index contributed by atoms with van der Waals surface area (Å²) in [6.45, 7) is 8.51.